The van der Waals surface area contributed by atoms with Crippen molar-refractivity contribution in [1.82, 2.24) is 14.8 Å². The number of hydrogen-bond acceptors (Lipinski definition) is 2. The normalized spacial score (nSPS) is 23.8. The maximum atomic E-state index is 13.0. The molecule has 4 rings (SSSR count). The Morgan fingerprint density at radius 2 is 2.00 bits per heavy atom. The third kappa shape index (κ3) is 2.14. The Labute approximate surface area is 141 Å². The van der Waals surface area contributed by atoms with E-state index in [0.29, 0.717) is 18.9 Å². The van der Waals surface area contributed by atoms with Gasteiger partial charge in [0.2, 0.25) is 11.8 Å². The SMILES string of the molecule is CC(C)CN1CC(=O)N2C(Cc3c([nH]c4ccccc34)C2C)C1=O. The molecule has 126 valence electrons. The van der Waals surface area contributed by atoms with Gasteiger partial charge in [0.25, 0.3) is 0 Å². The lowest BCUT2D eigenvalue weighted by Crippen LogP contribution is -2.62. The predicted molar refractivity (Wildman–Crippen MR) is 92.5 cm³/mol. The standard InChI is InChI=1S/C19H23N3O2/c1-11(2)9-21-10-17(23)22-12(3)18-14(8-16(22)19(21)24)13-6-4-5-7-15(13)20-18/h4-7,11-12,16,20H,8-10H2,1-3H3. The summed E-state index contributed by atoms with van der Waals surface area (Å²) in [5.74, 6) is 0.501. The molecule has 2 aliphatic heterocycles. The van der Waals surface area contributed by atoms with Crippen molar-refractivity contribution in [3.8, 4) is 0 Å². The van der Waals surface area contributed by atoms with Gasteiger partial charge in [-0.3, -0.25) is 9.59 Å². The highest BCUT2D eigenvalue weighted by Gasteiger charge is 2.46. The molecule has 5 heteroatoms. The van der Waals surface area contributed by atoms with Gasteiger partial charge in [-0.15, -0.1) is 0 Å². The van der Waals surface area contributed by atoms with Crippen molar-refractivity contribution in [2.45, 2.75) is 39.3 Å². The van der Waals surface area contributed by atoms with E-state index >= 15 is 0 Å². The number of H-pyrrole nitrogens is 1. The summed E-state index contributed by atoms with van der Waals surface area (Å²) in [4.78, 5) is 32.7. The molecule has 24 heavy (non-hydrogen) atoms. The molecule has 0 aliphatic carbocycles. The average Bonchev–Trinajstić information content (AvgIpc) is 2.91. The smallest absolute Gasteiger partial charge is 0.246 e. The third-order valence-corrected chi connectivity index (χ3v) is 5.21. The maximum Gasteiger partial charge on any atom is 0.246 e. The zero-order chi connectivity index (χ0) is 17.0. The van der Waals surface area contributed by atoms with E-state index in [0.717, 1.165) is 11.2 Å². The van der Waals surface area contributed by atoms with Gasteiger partial charge in [-0.05, 0) is 24.5 Å². The van der Waals surface area contributed by atoms with Gasteiger partial charge in [-0.25, -0.2) is 0 Å². The van der Waals surface area contributed by atoms with Crippen LogP contribution in [-0.2, 0) is 16.0 Å². The van der Waals surface area contributed by atoms with Crippen LogP contribution in [0.15, 0.2) is 24.3 Å². The minimum atomic E-state index is -0.369. The lowest BCUT2D eigenvalue weighted by molar-refractivity contribution is -0.159. The summed E-state index contributed by atoms with van der Waals surface area (Å²) in [6.07, 6.45) is 0.600. The van der Waals surface area contributed by atoms with E-state index in [9.17, 15) is 9.59 Å². The van der Waals surface area contributed by atoms with Crippen molar-refractivity contribution in [3.05, 3.63) is 35.5 Å². The minimum absolute atomic E-state index is 0.0528. The van der Waals surface area contributed by atoms with E-state index in [1.54, 1.807) is 9.80 Å². The van der Waals surface area contributed by atoms with Gasteiger partial charge in [0.15, 0.2) is 0 Å². The average molecular weight is 325 g/mol. The zero-order valence-corrected chi connectivity index (χ0v) is 14.4. The van der Waals surface area contributed by atoms with Crippen molar-refractivity contribution in [2.24, 2.45) is 5.92 Å². The largest absolute Gasteiger partial charge is 0.356 e. The van der Waals surface area contributed by atoms with E-state index < -0.39 is 0 Å². The first-order valence-electron chi connectivity index (χ1n) is 8.66. The molecule has 0 radical (unpaired) electrons. The summed E-state index contributed by atoms with van der Waals surface area (Å²) in [5.41, 5.74) is 3.34. The number of fused-ring (bicyclic) bond motifs is 4. The number of aromatic amines is 1. The summed E-state index contributed by atoms with van der Waals surface area (Å²) in [5, 5.41) is 1.17. The molecule has 1 N–H and O–H groups in total. The molecule has 0 saturated carbocycles. The fourth-order valence-electron chi connectivity index (χ4n) is 4.22. The van der Waals surface area contributed by atoms with Gasteiger partial charge >= 0.3 is 0 Å². The van der Waals surface area contributed by atoms with Crippen LogP contribution in [0.1, 0.15) is 38.1 Å². The molecule has 2 aliphatic rings. The van der Waals surface area contributed by atoms with Crippen LogP contribution in [0.25, 0.3) is 10.9 Å². The van der Waals surface area contributed by atoms with Crippen LogP contribution in [0, 0.1) is 5.92 Å². The number of carbonyl (C=O) groups is 2. The van der Waals surface area contributed by atoms with E-state index in [4.69, 9.17) is 0 Å². The maximum absolute atomic E-state index is 13.0. The Kier molecular flexibility index (Phi) is 3.41. The monoisotopic (exact) mass is 325 g/mol. The van der Waals surface area contributed by atoms with Crippen molar-refractivity contribution >= 4 is 22.7 Å². The van der Waals surface area contributed by atoms with Gasteiger partial charge in [0.1, 0.15) is 6.04 Å². The molecule has 2 amide bonds. The molecule has 2 atom stereocenters. The molecule has 1 aromatic carbocycles. The van der Waals surface area contributed by atoms with Gasteiger partial charge in [0.05, 0.1) is 12.6 Å². The third-order valence-electron chi connectivity index (χ3n) is 5.21. The second-order valence-electron chi connectivity index (χ2n) is 7.37. The number of aromatic nitrogens is 1. The fraction of sp³-hybridized carbons (Fsp3) is 0.474. The van der Waals surface area contributed by atoms with Gasteiger partial charge in [0, 0.05) is 29.6 Å². The quantitative estimate of drug-likeness (QED) is 0.922. The molecular weight excluding hydrogens is 302 g/mol. The zero-order valence-electron chi connectivity index (χ0n) is 14.4. The number of hydrogen-bond donors (Lipinski definition) is 1. The summed E-state index contributed by atoms with van der Waals surface area (Å²) in [6.45, 7) is 7.01. The second kappa shape index (κ2) is 5.36. The summed E-state index contributed by atoms with van der Waals surface area (Å²) in [6, 6.07) is 7.70. The highest BCUT2D eigenvalue weighted by Crippen LogP contribution is 2.38. The van der Waals surface area contributed by atoms with Crippen LogP contribution in [-0.4, -0.2) is 45.7 Å². The summed E-state index contributed by atoms with van der Waals surface area (Å²) in [7, 11) is 0. The van der Waals surface area contributed by atoms with Crippen molar-refractivity contribution in [1.29, 1.82) is 0 Å². The molecule has 0 bridgehead atoms. The van der Waals surface area contributed by atoms with Crippen molar-refractivity contribution in [2.75, 3.05) is 13.1 Å². The Balaban J connectivity index is 1.77. The van der Waals surface area contributed by atoms with Crippen molar-refractivity contribution in [3.63, 3.8) is 0 Å². The first-order valence-corrected chi connectivity index (χ1v) is 8.66. The molecule has 1 aromatic heterocycles. The topological polar surface area (TPSA) is 56.4 Å². The van der Waals surface area contributed by atoms with Gasteiger partial charge < -0.3 is 14.8 Å². The predicted octanol–water partition coefficient (Wildman–Crippen LogP) is 2.48. The highest BCUT2D eigenvalue weighted by molar-refractivity contribution is 5.97. The Hall–Kier alpha value is -2.30. The molecule has 2 aromatic rings. The van der Waals surface area contributed by atoms with Crippen LogP contribution in [0.4, 0.5) is 0 Å². The number of nitrogens with one attached hydrogen (secondary N) is 1. The lowest BCUT2D eigenvalue weighted by Gasteiger charge is -2.46. The van der Waals surface area contributed by atoms with Crippen LogP contribution in [0.5, 0.6) is 0 Å². The van der Waals surface area contributed by atoms with Crippen LogP contribution < -0.4 is 0 Å². The number of nitrogens with zero attached hydrogens (tertiary/aromatic N) is 2. The van der Waals surface area contributed by atoms with Gasteiger partial charge in [-0.2, -0.15) is 0 Å². The Bertz CT molecular complexity index is 823. The summed E-state index contributed by atoms with van der Waals surface area (Å²) < 4.78 is 0. The molecule has 1 saturated heterocycles. The van der Waals surface area contributed by atoms with E-state index in [2.05, 4.69) is 24.9 Å². The molecular formula is C19H23N3O2. The fourth-order valence-corrected chi connectivity index (χ4v) is 4.22. The molecule has 3 heterocycles. The lowest BCUT2D eigenvalue weighted by atomic mass is 9.89. The number of benzene rings is 1. The second-order valence-corrected chi connectivity index (χ2v) is 7.37. The van der Waals surface area contributed by atoms with E-state index in [1.807, 2.05) is 25.1 Å². The Morgan fingerprint density at radius 3 is 2.75 bits per heavy atom. The molecule has 1 fully saturated rings. The molecule has 0 spiro atoms. The van der Waals surface area contributed by atoms with Crippen LogP contribution in [0.3, 0.4) is 0 Å². The first kappa shape index (κ1) is 15.2. The van der Waals surface area contributed by atoms with Crippen LogP contribution in [0.2, 0.25) is 0 Å². The molecule has 2 unspecified atom stereocenters. The minimum Gasteiger partial charge on any atom is -0.356 e. The van der Waals surface area contributed by atoms with Crippen molar-refractivity contribution < 1.29 is 9.59 Å². The highest BCUT2D eigenvalue weighted by atomic mass is 16.2. The summed E-state index contributed by atoms with van der Waals surface area (Å²) >= 11 is 0. The number of para-hydroxylation sites is 1. The van der Waals surface area contributed by atoms with Gasteiger partial charge in [-0.1, -0.05) is 32.0 Å². The van der Waals surface area contributed by atoms with E-state index in [-0.39, 0.29) is 30.4 Å². The number of piperazine rings is 1. The molecule has 5 nitrogen and oxygen atoms in total. The number of rotatable bonds is 2. The van der Waals surface area contributed by atoms with E-state index in [1.165, 1.54) is 10.9 Å². The number of carbonyl (C=O) groups excluding carboxylic acids is 2. The first-order chi connectivity index (χ1) is 11.5. The van der Waals surface area contributed by atoms with Crippen LogP contribution >= 0.6 is 0 Å². The number of amides is 2. The Morgan fingerprint density at radius 1 is 1.25 bits per heavy atom.